The molecule has 1 unspecified atom stereocenters. The average molecular weight is 229 g/mol. The van der Waals surface area contributed by atoms with Crippen LogP contribution < -0.4 is 10.1 Å². The Morgan fingerprint density at radius 1 is 1.79 bits per heavy atom. The van der Waals surface area contributed by atoms with E-state index in [0.717, 1.165) is 16.4 Å². The van der Waals surface area contributed by atoms with Crippen molar-refractivity contribution in [3.05, 3.63) is 16.4 Å². The normalized spacial score (nSPS) is 22.9. The summed E-state index contributed by atoms with van der Waals surface area (Å²) in [6, 6.07) is -0.0953. The molecule has 0 radical (unpaired) electrons. The zero-order chi connectivity index (χ0) is 9.97. The van der Waals surface area contributed by atoms with E-state index < -0.39 is 0 Å². The summed E-state index contributed by atoms with van der Waals surface area (Å²) >= 11 is 3.21. The number of hydrogen-bond acceptors (Lipinski definition) is 4. The van der Waals surface area contributed by atoms with Crippen LogP contribution in [0, 0.1) is 0 Å². The van der Waals surface area contributed by atoms with E-state index in [2.05, 4.69) is 10.3 Å². The number of thiazole rings is 1. The molecule has 1 atom stereocenters. The topological polar surface area (TPSA) is 46.4 Å². The van der Waals surface area contributed by atoms with E-state index in [-0.39, 0.29) is 11.9 Å². The molecular weight excluding hydrogens is 218 g/mol. The van der Waals surface area contributed by atoms with Gasteiger partial charge in [0.2, 0.25) is 0 Å². The van der Waals surface area contributed by atoms with Gasteiger partial charge in [0, 0.05) is 30.3 Å². The molecule has 1 fully saturated rings. The molecule has 76 valence electrons. The Morgan fingerprint density at radius 2 is 2.64 bits per heavy atom. The zero-order valence-corrected chi connectivity index (χ0v) is 9.40. The van der Waals surface area contributed by atoms with E-state index in [1.54, 1.807) is 11.8 Å². The van der Waals surface area contributed by atoms with E-state index in [0.29, 0.717) is 0 Å². The number of hydrogen-bond donors (Lipinski definition) is 1. The quantitative estimate of drug-likeness (QED) is 0.747. The summed E-state index contributed by atoms with van der Waals surface area (Å²) in [5.74, 6) is 1.62. The number of thioether (sulfide) groups is 1. The van der Waals surface area contributed by atoms with Crippen LogP contribution in [0.2, 0.25) is 0 Å². The molecular formula is C8H11N3OS2. The predicted molar refractivity (Wildman–Crippen MR) is 58.1 cm³/mol. The van der Waals surface area contributed by atoms with Crippen LogP contribution in [0.15, 0.2) is 16.6 Å². The number of carbonyl (C=O) groups is 1. The highest BCUT2D eigenvalue weighted by molar-refractivity contribution is 7.99. The van der Waals surface area contributed by atoms with Gasteiger partial charge in [0.15, 0.2) is 4.80 Å². The van der Waals surface area contributed by atoms with Crippen molar-refractivity contribution in [2.75, 3.05) is 11.6 Å². The fraction of sp³-hybridized carbons (Fsp3) is 0.500. The second-order valence-electron chi connectivity index (χ2n) is 3.02. The van der Waals surface area contributed by atoms with E-state index in [1.807, 2.05) is 23.2 Å². The monoisotopic (exact) mass is 229 g/mol. The molecule has 1 aromatic rings. The zero-order valence-electron chi connectivity index (χ0n) is 7.77. The first-order valence-corrected chi connectivity index (χ1v) is 6.30. The van der Waals surface area contributed by atoms with Crippen LogP contribution in [0.5, 0.6) is 0 Å². The molecule has 0 aromatic carbocycles. The second kappa shape index (κ2) is 4.29. The van der Waals surface area contributed by atoms with Gasteiger partial charge in [0.25, 0.3) is 5.91 Å². The van der Waals surface area contributed by atoms with Gasteiger partial charge < -0.3 is 4.57 Å². The third kappa shape index (κ3) is 2.08. The number of nitrogens with one attached hydrogen (secondary N) is 1. The van der Waals surface area contributed by atoms with Crippen molar-refractivity contribution in [1.29, 1.82) is 0 Å². The Labute approximate surface area is 90.1 Å². The molecule has 1 aromatic heterocycles. The Kier molecular flexibility index (Phi) is 3.05. The van der Waals surface area contributed by atoms with Crippen LogP contribution in [0.25, 0.3) is 0 Å². The van der Waals surface area contributed by atoms with E-state index in [1.165, 1.54) is 11.3 Å². The lowest BCUT2D eigenvalue weighted by Gasteiger charge is -2.01. The molecule has 0 bridgehead atoms. The molecule has 0 spiro atoms. The third-order valence-corrected chi connectivity index (χ3v) is 3.77. The fourth-order valence-electron chi connectivity index (χ4n) is 1.16. The van der Waals surface area contributed by atoms with Gasteiger partial charge in [-0.1, -0.05) is 0 Å². The van der Waals surface area contributed by atoms with Gasteiger partial charge in [-0.25, -0.2) is 0 Å². The summed E-state index contributed by atoms with van der Waals surface area (Å²) < 4.78 is 1.85. The highest BCUT2D eigenvalue weighted by Crippen LogP contribution is 2.10. The molecule has 2 rings (SSSR count). The Balaban J connectivity index is 2.17. The molecule has 4 nitrogen and oxygen atoms in total. The standard InChI is InChI=1S/C8H11N3OS2/c1-11-2-3-14-8(11)10-7(12)6-4-13-5-9-6/h2-3,6,9H,4-5H2,1H3. The van der Waals surface area contributed by atoms with Gasteiger partial charge in [0.1, 0.15) is 0 Å². The lowest BCUT2D eigenvalue weighted by atomic mass is 10.3. The van der Waals surface area contributed by atoms with Crippen LogP contribution in [0.3, 0.4) is 0 Å². The Bertz CT molecular complexity index is 389. The number of amides is 1. The Hall–Kier alpha value is -0.590. The largest absolute Gasteiger partial charge is 0.327 e. The van der Waals surface area contributed by atoms with Crippen molar-refractivity contribution in [1.82, 2.24) is 9.88 Å². The smallest absolute Gasteiger partial charge is 0.266 e. The summed E-state index contributed by atoms with van der Waals surface area (Å²) in [7, 11) is 1.89. The molecule has 14 heavy (non-hydrogen) atoms. The number of rotatable bonds is 1. The second-order valence-corrected chi connectivity index (χ2v) is 4.92. The summed E-state index contributed by atoms with van der Waals surface area (Å²) in [6.07, 6.45) is 1.90. The molecule has 1 N–H and O–H groups in total. The highest BCUT2D eigenvalue weighted by Gasteiger charge is 2.21. The molecule has 1 amide bonds. The molecule has 0 aliphatic carbocycles. The molecule has 2 heterocycles. The number of nitrogens with zero attached hydrogens (tertiary/aromatic N) is 2. The first-order chi connectivity index (χ1) is 6.77. The fourth-order valence-corrected chi connectivity index (χ4v) is 2.83. The van der Waals surface area contributed by atoms with E-state index in [4.69, 9.17) is 0 Å². The van der Waals surface area contributed by atoms with E-state index in [9.17, 15) is 4.79 Å². The van der Waals surface area contributed by atoms with Crippen LogP contribution in [0.4, 0.5) is 0 Å². The van der Waals surface area contributed by atoms with Crippen molar-refractivity contribution in [3.8, 4) is 0 Å². The van der Waals surface area contributed by atoms with Crippen molar-refractivity contribution >= 4 is 29.0 Å². The molecule has 0 saturated carbocycles. The van der Waals surface area contributed by atoms with Gasteiger partial charge in [-0.3, -0.25) is 10.1 Å². The minimum absolute atomic E-state index is 0.0620. The van der Waals surface area contributed by atoms with Gasteiger partial charge in [-0.2, -0.15) is 4.99 Å². The van der Waals surface area contributed by atoms with Gasteiger partial charge in [-0.15, -0.1) is 23.1 Å². The molecule has 1 aliphatic heterocycles. The first kappa shape index (κ1) is 9.95. The summed E-state index contributed by atoms with van der Waals surface area (Å²) in [6.45, 7) is 0. The van der Waals surface area contributed by atoms with Gasteiger partial charge >= 0.3 is 0 Å². The number of aromatic nitrogens is 1. The highest BCUT2D eigenvalue weighted by atomic mass is 32.2. The van der Waals surface area contributed by atoms with Crippen LogP contribution in [-0.2, 0) is 11.8 Å². The Morgan fingerprint density at radius 3 is 3.21 bits per heavy atom. The molecule has 1 saturated heterocycles. The minimum atomic E-state index is -0.0953. The lowest BCUT2D eigenvalue weighted by molar-refractivity contribution is -0.119. The molecule has 6 heteroatoms. The maximum Gasteiger partial charge on any atom is 0.266 e. The first-order valence-electron chi connectivity index (χ1n) is 4.27. The van der Waals surface area contributed by atoms with Crippen molar-refractivity contribution in [2.24, 2.45) is 12.0 Å². The summed E-state index contributed by atoms with van der Waals surface area (Å²) in [5.41, 5.74) is 0. The minimum Gasteiger partial charge on any atom is -0.327 e. The maximum atomic E-state index is 11.6. The van der Waals surface area contributed by atoms with Crippen molar-refractivity contribution in [2.45, 2.75) is 6.04 Å². The van der Waals surface area contributed by atoms with Crippen molar-refractivity contribution in [3.63, 3.8) is 0 Å². The summed E-state index contributed by atoms with van der Waals surface area (Å²) in [4.78, 5) is 16.4. The van der Waals surface area contributed by atoms with Crippen LogP contribution in [-0.4, -0.2) is 28.1 Å². The number of carbonyl (C=O) groups excluding carboxylic acids is 1. The third-order valence-electron chi connectivity index (χ3n) is 1.98. The predicted octanol–water partition coefficient (Wildman–Crippen LogP) is 0.176. The van der Waals surface area contributed by atoms with E-state index >= 15 is 0 Å². The SMILES string of the molecule is Cn1ccsc1=NC(=O)C1CSCN1. The van der Waals surface area contributed by atoms with Crippen LogP contribution >= 0.6 is 23.1 Å². The lowest BCUT2D eigenvalue weighted by Crippen LogP contribution is -2.33. The van der Waals surface area contributed by atoms with Crippen LogP contribution in [0.1, 0.15) is 0 Å². The summed E-state index contributed by atoms with van der Waals surface area (Å²) in [5, 5.41) is 5.02. The maximum absolute atomic E-state index is 11.6. The van der Waals surface area contributed by atoms with Crippen molar-refractivity contribution < 1.29 is 4.79 Å². The molecule has 1 aliphatic rings. The average Bonchev–Trinajstić information content (AvgIpc) is 2.77. The van der Waals surface area contributed by atoms with Gasteiger partial charge in [-0.05, 0) is 0 Å². The number of aryl methyl sites for hydroxylation is 1. The van der Waals surface area contributed by atoms with Gasteiger partial charge in [0.05, 0.1) is 6.04 Å².